The Morgan fingerprint density at radius 1 is 1.00 bits per heavy atom. The van der Waals surface area contributed by atoms with Crippen molar-refractivity contribution < 1.29 is 0 Å². The lowest BCUT2D eigenvalue weighted by molar-refractivity contribution is 0.285. The fourth-order valence-electron chi connectivity index (χ4n) is 2.86. The Labute approximate surface area is 106 Å². The Morgan fingerprint density at radius 3 is 2.24 bits per heavy atom. The largest absolute Gasteiger partial charge is 0.347 e. The minimum absolute atomic E-state index is 0.577. The minimum Gasteiger partial charge on any atom is -0.347 e. The summed E-state index contributed by atoms with van der Waals surface area (Å²) < 4.78 is 2.38. The van der Waals surface area contributed by atoms with Crippen LogP contribution in [0.25, 0.3) is 0 Å². The summed E-state index contributed by atoms with van der Waals surface area (Å²) in [5.74, 6) is 1.49. The van der Waals surface area contributed by atoms with Gasteiger partial charge in [-0.25, -0.2) is 0 Å². The summed E-state index contributed by atoms with van der Waals surface area (Å²) in [7, 11) is 0. The molecule has 1 heterocycles. The van der Waals surface area contributed by atoms with E-state index in [9.17, 15) is 0 Å². The van der Waals surface area contributed by atoms with Crippen LogP contribution in [0.3, 0.4) is 0 Å². The van der Waals surface area contributed by atoms with E-state index in [-0.39, 0.29) is 0 Å². The van der Waals surface area contributed by atoms with Crippen molar-refractivity contribution in [3.05, 3.63) is 36.7 Å². The van der Waals surface area contributed by atoms with Crippen LogP contribution in [-0.4, -0.2) is 4.57 Å². The molecule has 1 aliphatic rings. The Balaban J connectivity index is 2.11. The quantitative estimate of drug-likeness (QED) is 0.655. The SMILES string of the molecule is CC(C)/C=C/C(C1CCCCC1)n1cccc1. The topological polar surface area (TPSA) is 4.93 Å². The highest BCUT2D eigenvalue weighted by atomic mass is 15.0. The van der Waals surface area contributed by atoms with Crippen LogP contribution in [0.15, 0.2) is 36.7 Å². The average molecular weight is 231 g/mol. The van der Waals surface area contributed by atoms with Gasteiger partial charge in [0.2, 0.25) is 0 Å². The Hall–Kier alpha value is -0.980. The molecule has 1 aliphatic carbocycles. The van der Waals surface area contributed by atoms with Crippen molar-refractivity contribution in [1.29, 1.82) is 0 Å². The predicted molar refractivity (Wildman–Crippen MR) is 74.0 cm³/mol. The molecule has 1 nitrogen and oxygen atoms in total. The molecule has 1 aromatic rings. The van der Waals surface area contributed by atoms with E-state index in [2.05, 4.69) is 55.1 Å². The van der Waals surface area contributed by atoms with Crippen LogP contribution in [0.1, 0.15) is 52.0 Å². The van der Waals surface area contributed by atoms with Gasteiger partial charge in [0.25, 0.3) is 0 Å². The number of rotatable bonds is 4. The number of hydrogen-bond donors (Lipinski definition) is 0. The first-order valence-electron chi connectivity index (χ1n) is 7.08. The molecule has 0 N–H and O–H groups in total. The third kappa shape index (κ3) is 3.49. The number of aromatic nitrogens is 1. The lowest BCUT2D eigenvalue weighted by Crippen LogP contribution is -2.19. The maximum atomic E-state index is 2.43. The van der Waals surface area contributed by atoms with E-state index in [4.69, 9.17) is 0 Å². The number of nitrogens with zero attached hydrogens (tertiary/aromatic N) is 1. The summed E-state index contributed by atoms with van der Waals surface area (Å²) in [6.45, 7) is 4.51. The highest BCUT2D eigenvalue weighted by molar-refractivity contribution is 5.03. The number of allylic oxidation sites excluding steroid dienone is 2. The second-order valence-corrected chi connectivity index (χ2v) is 5.65. The van der Waals surface area contributed by atoms with E-state index in [1.54, 1.807) is 0 Å². The van der Waals surface area contributed by atoms with Crippen molar-refractivity contribution >= 4 is 0 Å². The second kappa shape index (κ2) is 6.09. The maximum Gasteiger partial charge on any atom is 0.0538 e. The van der Waals surface area contributed by atoms with Crippen LogP contribution in [0.5, 0.6) is 0 Å². The van der Waals surface area contributed by atoms with Crippen LogP contribution in [0, 0.1) is 11.8 Å². The van der Waals surface area contributed by atoms with Crippen LogP contribution in [-0.2, 0) is 0 Å². The molecule has 17 heavy (non-hydrogen) atoms. The van der Waals surface area contributed by atoms with Crippen LogP contribution in [0.2, 0.25) is 0 Å². The van der Waals surface area contributed by atoms with Gasteiger partial charge in [-0.3, -0.25) is 0 Å². The van der Waals surface area contributed by atoms with E-state index in [0.29, 0.717) is 12.0 Å². The van der Waals surface area contributed by atoms with Crippen molar-refractivity contribution in [2.45, 2.75) is 52.0 Å². The van der Waals surface area contributed by atoms with E-state index >= 15 is 0 Å². The van der Waals surface area contributed by atoms with Gasteiger partial charge in [-0.05, 0) is 36.8 Å². The zero-order valence-corrected chi connectivity index (χ0v) is 11.2. The lowest BCUT2D eigenvalue weighted by Gasteiger charge is -2.29. The predicted octanol–water partition coefficient (Wildman–Crippen LogP) is 4.82. The molecule has 0 spiro atoms. The Kier molecular flexibility index (Phi) is 4.47. The average Bonchev–Trinajstić information content (AvgIpc) is 2.84. The van der Waals surface area contributed by atoms with E-state index in [1.165, 1.54) is 32.1 Å². The molecule has 0 aliphatic heterocycles. The van der Waals surface area contributed by atoms with Gasteiger partial charge in [0, 0.05) is 12.4 Å². The highest BCUT2D eigenvalue weighted by Gasteiger charge is 2.22. The molecule has 94 valence electrons. The summed E-state index contributed by atoms with van der Waals surface area (Å²) in [6.07, 6.45) is 16.3. The molecule has 1 fully saturated rings. The molecule has 1 aromatic heterocycles. The van der Waals surface area contributed by atoms with Gasteiger partial charge in [-0.2, -0.15) is 0 Å². The standard InChI is InChI=1S/C16H25N/c1-14(2)10-11-16(17-12-6-7-13-17)15-8-4-3-5-9-15/h6-7,10-16H,3-5,8-9H2,1-2H3/b11-10+. The molecule has 2 rings (SSSR count). The molecule has 0 radical (unpaired) electrons. The van der Waals surface area contributed by atoms with Crippen LogP contribution in [0.4, 0.5) is 0 Å². The molecule has 1 unspecified atom stereocenters. The van der Waals surface area contributed by atoms with E-state index < -0.39 is 0 Å². The van der Waals surface area contributed by atoms with Gasteiger partial charge in [-0.1, -0.05) is 45.3 Å². The third-order valence-corrected chi connectivity index (χ3v) is 3.80. The first-order chi connectivity index (χ1) is 8.27. The molecule has 1 heteroatoms. The highest BCUT2D eigenvalue weighted by Crippen LogP contribution is 2.34. The molecule has 0 aromatic carbocycles. The summed E-state index contributed by atoms with van der Waals surface area (Å²) in [4.78, 5) is 0. The maximum absolute atomic E-state index is 2.43. The summed E-state index contributed by atoms with van der Waals surface area (Å²) in [5, 5.41) is 0. The van der Waals surface area contributed by atoms with Crippen molar-refractivity contribution in [3.8, 4) is 0 Å². The normalized spacial score (nSPS) is 20.2. The fraction of sp³-hybridized carbons (Fsp3) is 0.625. The molecule has 0 amide bonds. The molecule has 0 saturated heterocycles. The summed E-state index contributed by atoms with van der Waals surface area (Å²) in [6, 6.07) is 4.85. The lowest BCUT2D eigenvalue weighted by atomic mass is 9.83. The van der Waals surface area contributed by atoms with E-state index in [0.717, 1.165) is 5.92 Å². The monoisotopic (exact) mass is 231 g/mol. The molecule has 0 bridgehead atoms. The van der Waals surface area contributed by atoms with Crippen LogP contribution >= 0.6 is 0 Å². The summed E-state index contributed by atoms with van der Waals surface area (Å²) in [5.41, 5.74) is 0. The van der Waals surface area contributed by atoms with Gasteiger partial charge in [0.1, 0.15) is 0 Å². The zero-order valence-electron chi connectivity index (χ0n) is 11.2. The van der Waals surface area contributed by atoms with Crippen molar-refractivity contribution in [2.24, 2.45) is 11.8 Å². The van der Waals surface area contributed by atoms with Crippen LogP contribution < -0.4 is 0 Å². The van der Waals surface area contributed by atoms with Gasteiger partial charge < -0.3 is 4.57 Å². The fourth-order valence-corrected chi connectivity index (χ4v) is 2.86. The second-order valence-electron chi connectivity index (χ2n) is 5.65. The minimum atomic E-state index is 0.577. The number of hydrogen-bond acceptors (Lipinski definition) is 0. The third-order valence-electron chi connectivity index (χ3n) is 3.80. The first kappa shape index (κ1) is 12.5. The van der Waals surface area contributed by atoms with Crippen molar-refractivity contribution in [3.63, 3.8) is 0 Å². The van der Waals surface area contributed by atoms with Gasteiger partial charge >= 0.3 is 0 Å². The van der Waals surface area contributed by atoms with Gasteiger partial charge in [0.05, 0.1) is 6.04 Å². The van der Waals surface area contributed by atoms with Crippen molar-refractivity contribution in [2.75, 3.05) is 0 Å². The molecule has 1 saturated carbocycles. The van der Waals surface area contributed by atoms with Gasteiger partial charge in [-0.15, -0.1) is 0 Å². The Morgan fingerprint density at radius 2 is 1.65 bits per heavy atom. The summed E-state index contributed by atoms with van der Waals surface area (Å²) >= 11 is 0. The van der Waals surface area contributed by atoms with E-state index in [1.807, 2.05) is 0 Å². The molecule has 1 atom stereocenters. The van der Waals surface area contributed by atoms with Gasteiger partial charge in [0.15, 0.2) is 0 Å². The molecular weight excluding hydrogens is 206 g/mol. The van der Waals surface area contributed by atoms with Crippen molar-refractivity contribution in [1.82, 2.24) is 4.57 Å². The smallest absolute Gasteiger partial charge is 0.0538 e. The molecular formula is C16H25N. The first-order valence-corrected chi connectivity index (χ1v) is 7.08. The Bertz CT molecular complexity index is 328. The zero-order chi connectivity index (χ0) is 12.1.